The molecule has 130 valence electrons. The number of hydrogen-bond acceptors (Lipinski definition) is 7. The fraction of sp³-hybridized carbons (Fsp3) is 0.158. The van der Waals surface area contributed by atoms with E-state index >= 15 is 0 Å². The predicted molar refractivity (Wildman–Crippen MR) is 107 cm³/mol. The van der Waals surface area contributed by atoms with Crippen molar-refractivity contribution in [3.8, 4) is 11.4 Å². The van der Waals surface area contributed by atoms with Crippen molar-refractivity contribution in [3.05, 3.63) is 53.7 Å². The Hall–Kier alpha value is -3.06. The van der Waals surface area contributed by atoms with Crippen molar-refractivity contribution in [3.63, 3.8) is 0 Å². The summed E-state index contributed by atoms with van der Waals surface area (Å²) < 4.78 is 1.18. The lowest BCUT2D eigenvalue weighted by molar-refractivity contribution is 1.08. The maximum Gasteiger partial charge on any atom is 0.225 e. The zero-order valence-electron chi connectivity index (χ0n) is 14.5. The summed E-state index contributed by atoms with van der Waals surface area (Å²) in [5.41, 5.74) is 3.51. The molecule has 0 aliphatic rings. The van der Waals surface area contributed by atoms with E-state index < -0.39 is 0 Å². The first-order valence-electron chi connectivity index (χ1n) is 8.40. The van der Waals surface area contributed by atoms with Gasteiger partial charge in [0, 0.05) is 24.5 Å². The molecular weight excluding hydrogens is 344 g/mol. The molecule has 0 spiro atoms. The second kappa shape index (κ2) is 7.05. The molecule has 3 aromatic heterocycles. The molecule has 26 heavy (non-hydrogen) atoms. The van der Waals surface area contributed by atoms with Crippen molar-refractivity contribution >= 4 is 39.0 Å². The number of pyridine rings is 1. The fourth-order valence-electron chi connectivity index (χ4n) is 2.66. The first-order chi connectivity index (χ1) is 12.7. The molecule has 0 radical (unpaired) electrons. The lowest BCUT2D eigenvalue weighted by Gasteiger charge is -2.10. The molecule has 1 aromatic carbocycles. The summed E-state index contributed by atoms with van der Waals surface area (Å²) in [5.74, 6) is 1.28. The number of aryl methyl sites for hydroxylation is 1. The summed E-state index contributed by atoms with van der Waals surface area (Å²) in [6.07, 6.45) is 1.76. The molecule has 0 aliphatic heterocycles. The van der Waals surface area contributed by atoms with E-state index in [2.05, 4.69) is 36.6 Å². The minimum Gasteiger partial charge on any atom is -0.354 e. The molecule has 2 N–H and O–H groups in total. The Kier molecular flexibility index (Phi) is 4.45. The third kappa shape index (κ3) is 3.48. The van der Waals surface area contributed by atoms with Crippen molar-refractivity contribution in [2.24, 2.45) is 0 Å². The first kappa shape index (κ1) is 16.4. The Morgan fingerprint density at radius 3 is 2.73 bits per heavy atom. The van der Waals surface area contributed by atoms with Gasteiger partial charge in [0.2, 0.25) is 5.95 Å². The van der Waals surface area contributed by atoms with Gasteiger partial charge >= 0.3 is 0 Å². The maximum atomic E-state index is 4.55. The summed E-state index contributed by atoms with van der Waals surface area (Å²) in [6, 6.07) is 13.8. The van der Waals surface area contributed by atoms with Crippen LogP contribution in [0.2, 0.25) is 0 Å². The SMILES string of the molecule is CCNc1nc(Nc2ccc3sc(C)nc3c2)cc(-c2ccccn2)n1. The van der Waals surface area contributed by atoms with Gasteiger partial charge in [-0.3, -0.25) is 4.98 Å². The van der Waals surface area contributed by atoms with Gasteiger partial charge in [0.15, 0.2) is 0 Å². The van der Waals surface area contributed by atoms with Crippen molar-refractivity contribution in [1.82, 2.24) is 19.9 Å². The second-order valence-electron chi connectivity index (χ2n) is 5.75. The average molecular weight is 362 g/mol. The number of anilines is 3. The van der Waals surface area contributed by atoms with Crippen LogP contribution in [0.3, 0.4) is 0 Å². The van der Waals surface area contributed by atoms with Crippen LogP contribution in [0.15, 0.2) is 48.7 Å². The molecule has 0 saturated carbocycles. The number of hydrogen-bond donors (Lipinski definition) is 2. The molecule has 0 amide bonds. The van der Waals surface area contributed by atoms with E-state index in [-0.39, 0.29) is 0 Å². The van der Waals surface area contributed by atoms with Gasteiger partial charge in [0.1, 0.15) is 5.82 Å². The highest BCUT2D eigenvalue weighted by Crippen LogP contribution is 2.27. The third-order valence-corrected chi connectivity index (χ3v) is 4.71. The van der Waals surface area contributed by atoms with Crippen LogP contribution in [0.5, 0.6) is 0 Å². The van der Waals surface area contributed by atoms with Gasteiger partial charge in [-0.1, -0.05) is 6.07 Å². The highest BCUT2D eigenvalue weighted by molar-refractivity contribution is 7.18. The normalized spacial score (nSPS) is 10.8. The maximum absolute atomic E-state index is 4.55. The molecule has 0 atom stereocenters. The van der Waals surface area contributed by atoms with E-state index in [1.807, 2.05) is 50.2 Å². The van der Waals surface area contributed by atoms with Crippen molar-refractivity contribution < 1.29 is 0 Å². The minimum absolute atomic E-state index is 0.573. The third-order valence-electron chi connectivity index (χ3n) is 3.76. The van der Waals surface area contributed by atoms with E-state index in [0.29, 0.717) is 11.8 Å². The van der Waals surface area contributed by atoms with Crippen molar-refractivity contribution in [1.29, 1.82) is 0 Å². The van der Waals surface area contributed by atoms with E-state index in [9.17, 15) is 0 Å². The van der Waals surface area contributed by atoms with Crippen LogP contribution in [0, 0.1) is 6.92 Å². The monoisotopic (exact) mass is 362 g/mol. The Morgan fingerprint density at radius 2 is 1.92 bits per heavy atom. The quantitative estimate of drug-likeness (QED) is 0.539. The molecule has 0 fully saturated rings. The molecule has 0 unspecified atom stereocenters. The van der Waals surface area contributed by atoms with E-state index in [1.165, 1.54) is 4.70 Å². The molecule has 0 bridgehead atoms. The topological polar surface area (TPSA) is 75.6 Å². The van der Waals surface area contributed by atoms with Crippen molar-refractivity contribution in [2.45, 2.75) is 13.8 Å². The number of thiazole rings is 1. The van der Waals surface area contributed by atoms with Gasteiger partial charge in [0.25, 0.3) is 0 Å². The molecule has 4 rings (SSSR count). The van der Waals surface area contributed by atoms with Crippen LogP contribution < -0.4 is 10.6 Å². The van der Waals surface area contributed by atoms with Crippen LogP contribution >= 0.6 is 11.3 Å². The minimum atomic E-state index is 0.573. The van der Waals surface area contributed by atoms with Gasteiger partial charge in [-0.05, 0) is 44.2 Å². The Morgan fingerprint density at radius 1 is 1.00 bits per heavy atom. The molecular formula is C19H18N6S. The molecule has 7 heteroatoms. The van der Waals surface area contributed by atoms with E-state index in [4.69, 9.17) is 0 Å². The standard InChI is InChI=1S/C19H18N6S/c1-3-20-19-24-15(14-6-4-5-9-21-14)11-18(25-19)23-13-7-8-17-16(10-13)22-12(2)26-17/h4-11H,3H2,1-2H3,(H2,20,23,24,25). The lowest BCUT2D eigenvalue weighted by atomic mass is 10.2. The lowest BCUT2D eigenvalue weighted by Crippen LogP contribution is -2.05. The van der Waals surface area contributed by atoms with Gasteiger partial charge in [-0.15, -0.1) is 11.3 Å². The molecule has 3 heterocycles. The summed E-state index contributed by atoms with van der Waals surface area (Å²) >= 11 is 1.69. The van der Waals surface area contributed by atoms with Crippen LogP contribution in [-0.2, 0) is 0 Å². The highest BCUT2D eigenvalue weighted by Gasteiger charge is 2.09. The highest BCUT2D eigenvalue weighted by atomic mass is 32.1. The Bertz CT molecular complexity index is 1040. The number of nitrogens with one attached hydrogen (secondary N) is 2. The van der Waals surface area contributed by atoms with Gasteiger partial charge < -0.3 is 10.6 Å². The second-order valence-corrected chi connectivity index (χ2v) is 6.98. The van der Waals surface area contributed by atoms with Crippen LogP contribution in [-0.4, -0.2) is 26.5 Å². The molecule has 6 nitrogen and oxygen atoms in total. The van der Waals surface area contributed by atoms with Crippen LogP contribution in [0.25, 0.3) is 21.6 Å². The summed E-state index contributed by atoms with van der Waals surface area (Å²) in [6.45, 7) is 4.78. The number of fused-ring (bicyclic) bond motifs is 1. The Balaban J connectivity index is 1.70. The zero-order valence-corrected chi connectivity index (χ0v) is 15.3. The summed E-state index contributed by atoms with van der Waals surface area (Å²) in [5, 5.41) is 7.60. The van der Waals surface area contributed by atoms with Gasteiger partial charge in [-0.25, -0.2) is 9.97 Å². The molecule has 0 aliphatic carbocycles. The van der Waals surface area contributed by atoms with Gasteiger partial charge in [0.05, 0.1) is 26.6 Å². The first-order valence-corrected chi connectivity index (χ1v) is 9.21. The van der Waals surface area contributed by atoms with Crippen molar-refractivity contribution in [2.75, 3.05) is 17.2 Å². The molecule has 0 saturated heterocycles. The van der Waals surface area contributed by atoms with Crippen LogP contribution in [0.1, 0.15) is 11.9 Å². The van der Waals surface area contributed by atoms with E-state index in [1.54, 1.807) is 17.5 Å². The van der Waals surface area contributed by atoms with Gasteiger partial charge in [-0.2, -0.15) is 4.98 Å². The predicted octanol–water partition coefficient (Wildman–Crippen LogP) is 4.63. The summed E-state index contributed by atoms with van der Waals surface area (Å²) in [4.78, 5) is 18.0. The van der Waals surface area contributed by atoms with E-state index in [0.717, 1.165) is 34.1 Å². The number of rotatable bonds is 5. The largest absolute Gasteiger partial charge is 0.354 e. The number of nitrogens with zero attached hydrogens (tertiary/aromatic N) is 4. The molecule has 4 aromatic rings. The zero-order chi connectivity index (χ0) is 17.9. The fourth-order valence-corrected chi connectivity index (χ4v) is 3.47. The number of benzene rings is 1. The number of aromatic nitrogens is 4. The van der Waals surface area contributed by atoms with Crippen LogP contribution in [0.4, 0.5) is 17.5 Å². The Labute approximate surface area is 155 Å². The average Bonchev–Trinajstić information content (AvgIpc) is 3.02. The smallest absolute Gasteiger partial charge is 0.225 e. The summed E-state index contributed by atoms with van der Waals surface area (Å²) in [7, 11) is 0.